The van der Waals surface area contributed by atoms with Crippen molar-refractivity contribution >= 4 is 11.8 Å². The number of nitrogens with one attached hydrogen (secondary N) is 1. The fraction of sp³-hybridized carbons (Fsp3) is 0.833. The summed E-state index contributed by atoms with van der Waals surface area (Å²) in [6, 6.07) is 0. The predicted octanol–water partition coefficient (Wildman–Crippen LogP) is 1.49. The quantitative estimate of drug-likeness (QED) is 0.846. The maximum Gasteiger partial charge on any atom is 0.229 e. The molecule has 1 atom stereocenters. The van der Waals surface area contributed by atoms with Crippen molar-refractivity contribution in [2.24, 2.45) is 5.92 Å². The Morgan fingerprint density at radius 3 is 3.11 bits per heavy atom. The van der Waals surface area contributed by atoms with Crippen LogP contribution in [-0.4, -0.2) is 41.7 Å². The second-order valence-corrected chi connectivity index (χ2v) is 5.94. The van der Waals surface area contributed by atoms with Crippen molar-refractivity contribution in [3.63, 3.8) is 0 Å². The van der Waals surface area contributed by atoms with Crippen LogP contribution >= 0.6 is 11.8 Å². The molecule has 1 aliphatic heterocycles. The number of nitrogens with zero attached hydrogens (tertiary/aromatic N) is 2. The second-order valence-electron chi connectivity index (χ2n) is 4.91. The van der Waals surface area contributed by atoms with Crippen molar-refractivity contribution in [2.75, 3.05) is 25.4 Å². The number of hydrogen-bond donors (Lipinski definition) is 1. The first-order valence-corrected chi connectivity index (χ1v) is 7.61. The van der Waals surface area contributed by atoms with Gasteiger partial charge in [-0.2, -0.15) is 16.7 Å². The summed E-state index contributed by atoms with van der Waals surface area (Å²) in [5.74, 6) is 4.12. The van der Waals surface area contributed by atoms with Crippen LogP contribution in [0.15, 0.2) is 4.52 Å². The lowest BCUT2D eigenvalue weighted by Gasteiger charge is -2.21. The van der Waals surface area contributed by atoms with E-state index in [9.17, 15) is 0 Å². The Balaban J connectivity index is 1.74. The number of rotatable bonds is 6. The molecule has 0 amide bonds. The normalized spacial score (nSPS) is 20.5. The molecule has 1 N–H and O–H groups in total. The largest absolute Gasteiger partial charge is 0.375 e. The first-order chi connectivity index (χ1) is 8.74. The summed E-state index contributed by atoms with van der Waals surface area (Å²) in [7, 11) is 0. The number of hydrogen-bond acceptors (Lipinski definition) is 6. The average molecular weight is 271 g/mol. The third-order valence-electron chi connectivity index (χ3n) is 2.60. The van der Waals surface area contributed by atoms with Crippen molar-refractivity contribution in [3.05, 3.63) is 11.7 Å². The fourth-order valence-corrected chi connectivity index (χ4v) is 2.65. The van der Waals surface area contributed by atoms with Gasteiger partial charge >= 0.3 is 0 Å². The van der Waals surface area contributed by atoms with Crippen molar-refractivity contribution in [1.82, 2.24) is 15.5 Å². The van der Waals surface area contributed by atoms with E-state index in [4.69, 9.17) is 9.26 Å². The zero-order chi connectivity index (χ0) is 12.8. The zero-order valence-electron chi connectivity index (χ0n) is 11.0. The van der Waals surface area contributed by atoms with E-state index >= 15 is 0 Å². The minimum atomic E-state index is 0.162. The van der Waals surface area contributed by atoms with Crippen molar-refractivity contribution in [3.8, 4) is 0 Å². The Labute approximate surface area is 112 Å². The molecule has 0 aromatic carbocycles. The third kappa shape index (κ3) is 4.59. The molecule has 6 heteroatoms. The molecular weight excluding hydrogens is 250 g/mol. The molecule has 0 aliphatic carbocycles. The van der Waals surface area contributed by atoms with E-state index in [1.165, 1.54) is 0 Å². The Morgan fingerprint density at radius 1 is 1.50 bits per heavy atom. The molecule has 0 spiro atoms. The van der Waals surface area contributed by atoms with Crippen molar-refractivity contribution < 1.29 is 9.26 Å². The van der Waals surface area contributed by atoms with Gasteiger partial charge in [0, 0.05) is 13.1 Å². The smallest absolute Gasteiger partial charge is 0.229 e. The minimum Gasteiger partial charge on any atom is -0.375 e. The van der Waals surface area contributed by atoms with Crippen LogP contribution in [0.2, 0.25) is 0 Å². The first kappa shape index (κ1) is 13.8. The molecule has 5 nitrogen and oxygen atoms in total. The van der Waals surface area contributed by atoms with Crippen LogP contribution < -0.4 is 5.32 Å². The molecule has 0 saturated carbocycles. The number of morpholine rings is 1. The molecule has 0 radical (unpaired) electrons. The van der Waals surface area contributed by atoms with E-state index in [-0.39, 0.29) is 6.10 Å². The molecule has 1 unspecified atom stereocenters. The van der Waals surface area contributed by atoms with E-state index in [0.29, 0.717) is 18.2 Å². The lowest BCUT2D eigenvalue weighted by molar-refractivity contribution is 0.0246. The van der Waals surface area contributed by atoms with Crippen LogP contribution in [0.3, 0.4) is 0 Å². The van der Waals surface area contributed by atoms with Gasteiger partial charge in [-0.05, 0) is 11.7 Å². The van der Waals surface area contributed by atoms with Crippen LogP contribution in [0, 0.1) is 5.92 Å². The summed E-state index contributed by atoms with van der Waals surface area (Å²) in [5, 5.41) is 7.29. The van der Waals surface area contributed by atoms with Gasteiger partial charge in [-0.3, -0.25) is 0 Å². The average Bonchev–Trinajstić information content (AvgIpc) is 2.78. The highest BCUT2D eigenvalue weighted by atomic mass is 32.2. The molecule has 102 valence electrons. The molecular formula is C12H21N3O2S. The number of thioether (sulfide) groups is 1. The van der Waals surface area contributed by atoms with E-state index in [1.54, 1.807) is 0 Å². The lowest BCUT2D eigenvalue weighted by Crippen LogP contribution is -2.39. The molecule has 1 aromatic rings. The second kappa shape index (κ2) is 7.11. The summed E-state index contributed by atoms with van der Waals surface area (Å²) >= 11 is 1.85. The monoisotopic (exact) mass is 271 g/mol. The van der Waals surface area contributed by atoms with E-state index in [0.717, 1.165) is 37.0 Å². The highest BCUT2D eigenvalue weighted by molar-refractivity contribution is 7.98. The van der Waals surface area contributed by atoms with E-state index < -0.39 is 0 Å². The van der Waals surface area contributed by atoms with Gasteiger partial charge in [0.05, 0.1) is 24.9 Å². The van der Waals surface area contributed by atoms with Crippen LogP contribution in [-0.2, 0) is 16.9 Å². The summed E-state index contributed by atoms with van der Waals surface area (Å²) in [6.45, 7) is 6.97. The summed E-state index contributed by atoms with van der Waals surface area (Å²) < 4.78 is 10.9. The SMILES string of the molecule is CC(C)CSCc1noc(CC2CNCCO2)n1. The maximum atomic E-state index is 5.61. The molecule has 0 bridgehead atoms. The van der Waals surface area contributed by atoms with Gasteiger partial charge in [-0.25, -0.2) is 0 Å². The van der Waals surface area contributed by atoms with Crippen LogP contribution in [0.25, 0.3) is 0 Å². The summed E-state index contributed by atoms with van der Waals surface area (Å²) in [6.07, 6.45) is 0.866. The maximum absolute atomic E-state index is 5.61. The van der Waals surface area contributed by atoms with E-state index in [2.05, 4.69) is 29.3 Å². The van der Waals surface area contributed by atoms with Crippen LogP contribution in [0.5, 0.6) is 0 Å². The van der Waals surface area contributed by atoms with Gasteiger partial charge in [0.2, 0.25) is 5.89 Å². The Kier molecular flexibility index (Phi) is 5.46. The molecule has 1 fully saturated rings. The van der Waals surface area contributed by atoms with E-state index in [1.807, 2.05) is 11.8 Å². The fourth-order valence-electron chi connectivity index (χ4n) is 1.76. The molecule has 1 saturated heterocycles. The number of aromatic nitrogens is 2. The Bertz CT molecular complexity index is 351. The van der Waals surface area contributed by atoms with Crippen LogP contribution in [0.1, 0.15) is 25.6 Å². The topological polar surface area (TPSA) is 60.2 Å². The summed E-state index contributed by atoms with van der Waals surface area (Å²) in [4.78, 5) is 4.39. The zero-order valence-corrected chi connectivity index (χ0v) is 11.8. The molecule has 18 heavy (non-hydrogen) atoms. The number of ether oxygens (including phenoxy) is 1. The molecule has 1 aliphatic rings. The lowest BCUT2D eigenvalue weighted by atomic mass is 10.2. The predicted molar refractivity (Wildman–Crippen MR) is 71.6 cm³/mol. The molecule has 2 heterocycles. The van der Waals surface area contributed by atoms with Gasteiger partial charge in [0.15, 0.2) is 5.82 Å². The van der Waals surface area contributed by atoms with Gasteiger partial charge in [0.1, 0.15) is 0 Å². The van der Waals surface area contributed by atoms with Gasteiger partial charge in [-0.15, -0.1) is 0 Å². The van der Waals surface area contributed by atoms with Gasteiger partial charge in [-0.1, -0.05) is 19.0 Å². The first-order valence-electron chi connectivity index (χ1n) is 6.45. The third-order valence-corrected chi connectivity index (χ3v) is 3.96. The molecule has 2 rings (SSSR count). The van der Waals surface area contributed by atoms with Gasteiger partial charge < -0.3 is 14.6 Å². The minimum absolute atomic E-state index is 0.162. The van der Waals surface area contributed by atoms with Crippen molar-refractivity contribution in [1.29, 1.82) is 0 Å². The Hall–Kier alpha value is -0.590. The van der Waals surface area contributed by atoms with Crippen LogP contribution in [0.4, 0.5) is 0 Å². The van der Waals surface area contributed by atoms with Gasteiger partial charge in [0.25, 0.3) is 0 Å². The standard InChI is InChI=1S/C12H21N3O2S/c1-9(2)7-18-8-11-14-12(17-15-11)5-10-6-13-3-4-16-10/h9-10,13H,3-8H2,1-2H3. The van der Waals surface area contributed by atoms with Crippen molar-refractivity contribution in [2.45, 2.75) is 32.1 Å². The highest BCUT2D eigenvalue weighted by Crippen LogP contribution is 2.14. The highest BCUT2D eigenvalue weighted by Gasteiger charge is 2.17. The Morgan fingerprint density at radius 2 is 2.39 bits per heavy atom. The molecule has 1 aromatic heterocycles. The summed E-state index contributed by atoms with van der Waals surface area (Å²) in [5.41, 5.74) is 0.